The van der Waals surface area contributed by atoms with Crippen LogP contribution >= 0.6 is 12.4 Å². The average Bonchev–Trinajstić information content (AvgIpc) is 3.11. The maximum Gasteiger partial charge on any atom is 0.253 e. The maximum absolute atomic E-state index is 13.6. The van der Waals surface area contributed by atoms with Crippen LogP contribution in [0.3, 0.4) is 0 Å². The molecule has 3 aromatic carbocycles. The molecule has 0 saturated carbocycles. The van der Waals surface area contributed by atoms with E-state index >= 15 is 0 Å². The Morgan fingerprint density at radius 3 is 2.06 bits per heavy atom. The molecular formula is C28H29ClFN3O2. The van der Waals surface area contributed by atoms with Gasteiger partial charge >= 0.3 is 0 Å². The van der Waals surface area contributed by atoms with Crippen LogP contribution < -0.4 is 5.32 Å². The van der Waals surface area contributed by atoms with Gasteiger partial charge in [0.2, 0.25) is 5.91 Å². The van der Waals surface area contributed by atoms with E-state index in [1.165, 1.54) is 24.3 Å². The second-order valence-corrected chi connectivity index (χ2v) is 9.13. The fourth-order valence-corrected chi connectivity index (χ4v) is 5.12. The number of rotatable bonds is 5. The Hall–Kier alpha value is -3.22. The minimum absolute atomic E-state index is 0. The summed E-state index contributed by atoms with van der Waals surface area (Å²) >= 11 is 0. The molecule has 1 N–H and O–H groups in total. The predicted octanol–water partition coefficient (Wildman–Crippen LogP) is 4.42. The zero-order valence-corrected chi connectivity index (χ0v) is 20.2. The van der Waals surface area contributed by atoms with Crippen molar-refractivity contribution in [1.82, 2.24) is 15.1 Å². The summed E-state index contributed by atoms with van der Waals surface area (Å²) in [5, 5.41) is 3.67. The third-order valence-electron chi connectivity index (χ3n) is 6.96. The Labute approximate surface area is 211 Å². The number of hydrogen-bond donors (Lipinski definition) is 1. The summed E-state index contributed by atoms with van der Waals surface area (Å²) in [4.78, 5) is 30.3. The highest BCUT2D eigenvalue weighted by Crippen LogP contribution is 2.35. The molecule has 2 aliphatic heterocycles. The van der Waals surface area contributed by atoms with Crippen LogP contribution in [-0.4, -0.2) is 46.4 Å². The van der Waals surface area contributed by atoms with Gasteiger partial charge in [-0.3, -0.25) is 14.9 Å². The molecule has 3 aromatic rings. The second kappa shape index (κ2) is 10.6. The van der Waals surface area contributed by atoms with Crippen molar-refractivity contribution in [1.29, 1.82) is 0 Å². The van der Waals surface area contributed by atoms with Crippen molar-refractivity contribution in [2.75, 3.05) is 13.1 Å². The van der Waals surface area contributed by atoms with Crippen LogP contribution in [0.2, 0.25) is 0 Å². The second-order valence-electron chi connectivity index (χ2n) is 9.13. The Morgan fingerprint density at radius 1 is 0.886 bits per heavy atom. The molecular weight excluding hydrogens is 465 g/mol. The minimum atomic E-state index is -0.494. The molecule has 2 saturated heterocycles. The van der Waals surface area contributed by atoms with Gasteiger partial charge in [-0.25, -0.2) is 4.39 Å². The first kappa shape index (κ1) is 24.9. The highest BCUT2D eigenvalue weighted by Gasteiger charge is 2.51. The van der Waals surface area contributed by atoms with Gasteiger partial charge in [-0.15, -0.1) is 12.4 Å². The van der Waals surface area contributed by atoms with Crippen molar-refractivity contribution in [2.24, 2.45) is 0 Å². The van der Waals surface area contributed by atoms with Crippen molar-refractivity contribution in [2.45, 2.75) is 37.5 Å². The van der Waals surface area contributed by atoms with Gasteiger partial charge < -0.3 is 9.80 Å². The molecule has 1 spiro atoms. The number of carbonyl (C=O) groups excluding carboxylic acids is 2. The number of likely N-dealkylation sites (tertiary alicyclic amines) is 1. The average molecular weight is 494 g/mol. The predicted molar refractivity (Wildman–Crippen MR) is 136 cm³/mol. The minimum Gasteiger partial charge on any atom is -0.338 e. The van der Waals surface area contributed by atoms with E-state index in [0.717, 1.165) is 11.1 Å². The Kier molecular flexibility index (Phi) is 7.53. The van der Waals surface area contributed by atoms with Crippen LogP contribution in [0, 0.1) is 5.82 Å². The molecule has 2 heterocycles. The van der Waals surface area contributed by atoms with Crippen LogP contribution in [0.15, 0.2) is 84.9 Å². The molecule has 2 amide bonds. The van der Waals surface area contributed by atoms with Gasteiger partial charge in [-0.05, 0) is 41.8 Å². The van der Waals surface area contributed by atoms with Crippen molar-refractivity contribution >= 4 is 24.2 Å². The zero-order valence-electron chi connectivity index (χ0n) is 19.4. The molecule has 182 valence electrons. The summed E-state index contributed by atoms with van der Waals surface area (Å²) in [6, 6.07) is 25.5. The highest BCUT2D eigenvalue weighted by atomic mass is 35.5. The monoisotopic (exact) mass is 493 g/mol. The van der Waals surface area contributed by atoms with Gasteiger partial charge in [-0.1, -0.05) is 60.7 Å². The molecule has 0 aromatic heterocycles. The maximum atomic E-state index is 13.6. The smallest absolute Gasteiger partial charge is 0.253 e. The highest BCUT2D eigenvalue weighted by molar-refractivity contribution is 5.94. The third kappa shape index (κ3) is 5.24. The van der Waals surface area contributed by atoms with Crippen molar-refractivity contribution in [3.8, 4) is 0 Å². The number of carbonyl (C=O) groups is 2. The summed E-state index contributed by atoms with van der Waals surface area (Å²) < 4.78 is 13.3. The van der Waals surface area contributed by atoms with Gasteiger partial charge in [0.15, 0.2) is 0 Å². The summed E-state index contributed by atoms with van der Waals surface area (Å²) in [6.07, 6.45) is 1.92. The summed E-state index contributed by atoms with van der Waals surface area (Å²) in [5.74, 6) is -0.357. The van der Waals surface area contributed by atoms with Gasteiger partial charge in [0, 0.05) is 38.0 Å². The summed E-state index contributed by atoms with van der Waals surface area (Å²) in [5.41, 5.74) is 2.19. The normalized spacial score (nSPS) is 19.0. The number of nitrogens with zero attached hydrogens (tertiary/aromatic N) is 2. The lowest BCUT2D eigenvalue weighted by molar-refractivity contribution is -0.134. The van der Waals surface area contributed by atoms with Crippen molar-refractivity contribution in [3.05, 3.63) is 107 Å². The van der Waals surface area contributed by atoms with Crippen LogP contribution in [0.1, 0.15) is 34.3 Å². The zero-order chi connectivity index (χ0) is 23.5. The van der Waals surface area contributed by atoms with E-state index < -0.39 is 5.66 Å². The molecule has 0 bridgehead atoms. The first-order chi connectivity index (χ1) is 16.5. The van der Waals surface area contributed by atoms with Crippen molar-refractivity contribution < 1.29 is 14.0 Å². The topological polar surface area (TPSA) is 52.7 Å². The van der Waals surface area contributed by atoms with E-state index in [0.29, 0.717) is 44.5 Å². The van der Waals surface area contributed by atoms with E-state index in [2.05, 4.69) is 5.32 Å². The number of benzene rings is 3. The molecule has 5 rings (SSSR count). The number of hydrogen-bond acceptors (Lipinski definition) is 3. The molecule has 7 heteroatoms. The first-order valence-corrected chi connectivity index (χ1v) is 11.8. The standard InChI is InChI=1S/C28H28FN3O2.ClH/c29-24-13-11-23(12-14-24)26(33)31-17-15-28(16-18-31)30-25(19-21-7-3-1-4-8-21)27(34)32(28)20-22-9-5-2-6-10-22;/h1-14,25,30H,15-20H2;1H/t25-;/m0./s1. The van der Waals surface area contributed by atoms with Crippen LogP contribution in [-0.2, 0) is 17.8 Å². The van der Waals surface area contributed by atoms with Gasteiger partial charge in [-0.2, -0.15) is 0 Å². The molecule has 0 aliphatic carbocycles. The van der Waals surface area contributed by atoms with E-state index in [4.69, 9.17) is 0 Å². The summed E-state index contributed by atoms with van der Waals surface area (Å²) in [7, 11) is 0. The molecule has 2 fully saturated rings. The Balaban J connectivity index is 0.00000289. The lowest BCUT2D eigenvalue weighted by Gasteiger charge is -2.44. The molecule has 5 nitrogen and oxygen atoms in total. The van der Waals surface area contributed by atoms with Gasteiger partial charge in [0.25, 0.3) is 5.91 Å². The van der Waals surface area contributed by atoms with E-state index in [9.17, 15) is 14.0 Å². The van der Waals surface area contributed by atoms with Crippen molar-refractivity contribution in [3.63, 3.8) is 0 Å². The van der Waals surface area contributed by atoms with E-state index in [-0.39, 0.29) is 36.1 Å². The number of amides is 2. The molecule has 0 unspecified atom stereocenters. The van der Waals surface area contributed by atoms with Crippen LogP contribution in [0.5, 0.6) is 0 Å². The summed E-state index contributed by atoms with van der Waals surface area (Å²) in [6.45, 7) is 1.59. The lowest BCUT2D eigenvalue weighted by atomic mass is 9.94. The van der Waals surface area contributed by atoms with Crippen LogP contribution in [0.25, 0.3) is 0 Å². The number of halogens is 2. The Morgan fingerprint density at radius 2 is 1.46 bits per heavy atom. The quantitative estimate of drug-likeness (QED) is 0.572. The van der Waals surface area contributed by atoms with Crippen LogP contribution in [0.4, 0.5) is 4.39 Å². The number of nitrogens with one attached hydrogen (secondary N) is 1. The number of piperidine rings is 1. The molecule has 2 aliphatic rings. The third-order valence-corrected chi connectivity index (χ3v) is 6.96. The lowest BCUT2D eigenvalue weighted by Crippen LogP contribution is -2.59. The van der Waals surface area contributed by atoms with E-state index in [1.54, 1.807) is 4.90 Å². The molecule has 0 radical (unpaired) electrons. The van der Waals surface area contributed by atoms with Gasteiger partial charge in [0.1, 0.15) is 5.82 Å². The Bertz CT molecular complexity index is 1150. The largest absolute Gasteiger partial charge is 0.338 e. The van der Waals surface area contributed by atoms with E-state index in [1.807, 2.05) is 65.6 Å². The fourth-order valence-electron chi connectivity index (χ4n) is 5.12. The fraction of sp³-hybridized carbons (Fsp3) is 0.286. The molecule has 35 heavy (non-hydrogen) atoms. The van der Waals surface area contributed by atoms with Gasteiger partial charge in [0.05, 0.1) is 11.7 Å². The molecule has 1 atom stereocenters. The SMILES string of the molecule is Cl.O=C(c1ccc(F)cc1)N1CCC2(CC1)N[C@@H](Cc1ccccc1)C(=O)N2Cc1ccccc1. The first-order valence-electron chi connectivity index (χ1n) is 11.8.